The monoisotopic (exact) mass is 417 g/mol. The van der Waals surface area contributed by atoms with E-state index >= 15 is 0 Å². The molecule has 1 aliphatic rings. The summed E-state index contributed by atoms with van der Waals surface area (Å²) in [7, 11) is 2.12. The van der Waals surface area contributed by atoms with Crippen molar-refractivity contribution >= 4 is 22.2 Å². The predicted molar refractivity (Wildman–Crippen MR) is 126 cm³/mol. The largest absolute Gasteiger partial charge is 0.347 e. The first-order chi connectivity index (χ1) is 14.8. The second kappa shape index (κ2) is 8.75. The van der Waals surface area contributed by atoms with Gasteiger partial charge >= 0.3 is 0 Å². The van der Waals surface area contributed by atoms with Crippen molar-refractivity contribution in [1.82, 2.24) is 4.57 Å². The molecule has 0 amide bonds. The molecule has 0 atom stereocenters. The maximum atomic E-state index is 2.48. The number of aryl methyl sites for hydroxylation is 2. The van der Waals surface area contributed by atoms with E-state index in [0.717, 1.165) is 6.54 Å². The van der Waals surface area contributed by atoms with E-state index in [1.165, 1.54) is 78.5 Å². The van der Waals surface area contributed by atoms with Crippen LogP contribution in [0.3, 0.4) is 0 Å². The molecule has 0 radical (unpaired) electrons. The number of fused-ring (bicyclic) bond motifs is 1. The van der Waals surface area contributed by atoms with Crippen LogP contribution >= 0.6 is 11.3 Å². The van der Waals surface area contributed by atoms with Crippen molar-refractivity contribution in [1.29, 1.82) is 0 Å². The molecule has 1 aliphatic heterocycles. The molecule has 0 bridgehead atoms. The van der Waals surface area contributed by atoms with Gasteiger partial charge in [-0.05, 0) is 53.8 Å². The molecule has 3 nitrogen and oxygen atoms in total. The van der Waals surface area contributed by atoms with Crippen molar-refractivity contribution in [3.63, 3.8) is 0 Å². The Morgan fingerprint density at radius 2 is 1.83 bits per heavy atom. The lowest BCUT2D eigenvalue weighted by Crippen LogP contribution is -3.12. The zero-order valence-corrected chi connectivity index (χ0v) is 18.6. The Bertz CT molecular complexity index is 1120. The summed E-state index contributed by atoms with van der Waals surface area (Å²) in [6.45, 7) is 5.12. The highest BCUT2D eigenvalue weighted by Gasteiger charge is 2.16. The molecule has 1 aromatic carbocycles. The molecule has 1 fully saturated rings. The summed E-state index contributed by atoms with van der Waals surface area (Å²) in [6.07, 6.45) is 12.3. The minimum atomic E-state index is 1.10. The highest BCUT2D eigenvalue weighted by atomic mass is 32.1. The maximum absolute atomic E-state index is 2.48. The SMILES string of the molecule is C[n+]1cc(-c2ccsc2)cc(-c2cn(CCC[NH+]3CCCCC3)c3ccccc23)c1. The first-order valence-electron chi connectivity index (χ1n) is 11.2. The second-order valence-corrected chi connectivity index (χ2v) is 9.44. The average molecular weight is 418 g/mol. The van der Waals surface area contributed by atoms with E-state index in [4.69, 9.17) is 0 Å². The van der Waals surface area contributed by atoms with Gasteiger partial charge in [0.2, 0.25) is 0 Å². The van der Waals surface area contributed by atoms with Crippen LogP contribution in [0.1, 0.15) is 25.7 Å². The van der Waals surface area contributed by atoms with Gasteiger partial charge in [0.05, 0.1) is 19.6 Å². The molecule has 0 unspecified atom stereocenters. The number of hydrogen-bond acceptors (Lipinski definition) is 1. The molecule has 0 spiro atoms. The average Bonchev–Trinajstić information content (AvgIpc) is 3.43. The van der Waals surface area contributed by atoms with E-state index in [0.29, 0.717) is 0 Å². The minimum absolute atomic E-state index is 1.10. The molecule has 0 aliphatic carbocycles. The third kappa shape index (κ3) is 4.07. The number of quaternary nitrogens is 1. The summed E-state index contributed by atoms with van der Waals surface area (Å²) in [4.78, 5) is 1.80. The molecule has 30 heavy (non-hydrogen) atoms. The highest BCUT2D eigenvalue weighted by Crippen LogP contribution is 2.32. The number of aromatic nitrogens is 2. The van der Waals surface area contributed by atoms with Crippen LogP contribution in [-0.4, -0.2) is 24.2 Å². The van der Waals surface area contributed by atoms with Crippen LogP contribution in [0.5, 0.6) is 0 Å². The molecular formula is C26H31N3S+2. The fraction of sp³-hybridized carbons (Fsp3) is 0.346. The number of pyridine rings is 1. The zero-order chi connectivity index (χ0) is 20.3. The predicted octanol–water partition coefficient (Wildman–Crippen LogP) is 4.32. The van der Waals surface area contributed by atoms with Gasteiger partial charge in [-0.1, -0.05) is 18.2 Å². The van der Waals surface area contributed by atoms with Crippen molar-refractivity contribution in [2.45, 2.75) is 32.2 Å². The fourth-order valence-corrected chi connectivity index (χ4v) is 5.58. The Hall–Kier alpha value is -2.43. The van der Waals surface area contributed by atoms with E-state index in [1.807, 2.05) is 0 Å². The maximum Gasteiger partial charge on any atom is 0.176 e. The van der Waals surface area contributed by atoms with Gasteiger partial charge in [0, 0.05) is 46.8 Å². The number of hydrogen-bond donors (Lipinski definition) is 1. The van der Waals surface area contributed by atoms with Gasteiger partial charge < -0.3 is 9.47 Å². The lowest BCUT2D eigenvalue weighted by Gasteiger charge is -2.23. The van der Waals surface area contributed by atoms with Crippen molar-refractivity contribution < 1.29 is 9.47 Å². The lowest BCUT2D eigenvalue weighted by atomic mass is 10.0. The lowest BCUT2D eigenvalue weighted by molar-refractivity contribution is -0.905. The summed E-state index contributed by atoms with van der Waals surface area (Å²) in [6, 6.07) is 13.4. The van der Waals surface area contributed by atoms with Crippen LogP contribution in [0.25, 0.3) is 33.2 Å². The highest BCUT2D eigenvalue weighted by molar-refractivity contribution is 7.08. The molecule has 0 saturated carbocycles. The number of nitrogens with zero attached hydrogens (tertiary/aromatic N) is 2. The molecular weight excluding hydrogens is 386 g/mol. The number of likely N-dealkylation sites (tertiary alicyclic amines) is 1. The number of benzene rings is 1. The molecule has 154 valence electrons. The van der Waals surface area contributed by atoms with Gasteiger partial charge in [-0.25, -0.2) is 4.57 Å². The van der Waals surface area contributed by atoms with Gasteiger partial charge in [0.25, 0.3) is 0 Å². The molecule has 3 aromatic heterocycles. The number of para-hydroxylation sites is 1. The van der Waals surface area contributed by atoms with E-state index in [1.54, 1.807) is 16.2 Å². The number of piperidine rings is 1. The quantitative estimate of drug-likeness (QED) is 0.449. The van der Waals surface area contributed by atoms with Crippen LogP contribution in [0, 0.1) is 0 Å². The molecule has 5 rings (SSSR count). The van der Waals surface area contributed by atoms with Gasteiger partial charge in [-0.3, -0.25) is 0 Å². The number of rotatable bonds is 6. The van der Waals surface area contributed by atoms with Crippen molar-refractivity contribution in [2.24, 2.45) is 7.05 Å². The Morgan fingerprint density at radius 3 is 2.67 bits per heavy atom. The second-order valence-electron chi connectivity index (χ2n) is 8.66. The van der Waals surface area contributed by atoms with Crippen LogP contribution < -0.4 is 9.47 Å². The molecule has 4 heterocycles. The molecule has 1 saturated heterocycles. The third-order valence-electron chi connectivity index (χ3n) is 6.44. The first kappa shape index (κ1) is 19.5. The van der Waals surface area contributed by atoms with Crippen LogP contribution in [-0.2, 0) is 13.6 Å². The smallest absolute Gasteiger partial charge is 0.176 e. The Balaban J connectivity index is 1.45. The van der Waals surface area contributed by atoms with Crippen LogP contribution in [0.2, 0.25) is 0 Å². The molecule has 1 N–H and O–H groups in total. The summed E-state index contributed by atoms with van der Waals surface area (Å²) in [5.41, 5.74) is 6.55. The summed E-state index contributed by atoms with van der Waals surface area (Å²) >= 11 is 1.75. The van der Waals surface area contributed by atoms with Gasteiger partial charge in [-0.2, -0.15) is 11.3 Å². The van der Waals surface area contributed by atoms with Crippen molar-refractivity contribution in [3.05, 3.63) is 65.7 Å². The normalized spacial score (nSPS) is 15.1. The first-order valence-corrected chi connectivity index (χ1v) is 12.2. The Labute approximate surface area is 183 Å². The van der Waals surface area contributed by atoms with Gasteiger partial charge in [0.1, 0.15) is 7.05 Å². The minimum Gasteiger partial charge on any atom is -0.347 e. The Morgan fingerprint density at radius 1 is 1.00 bits per heavy atom. The van der Waals surface area contributed by atoms with E-state index in [2.05, 4.69) is 81.9 Å². The van der Waals surface area contributed by atoms with Crippen LogP contribution in [0.15, 0.2) is 65.7 Å². The van der Waals surface area contributed by atoms with Gasteiger partial charge in [0.15, 0.2) is 12.4 Å². The summed E-state index contributed by atoms with van der Waals surface area (Å²) in [5, 5.41) is 5.73. The van der Waals surface area contributed by atoms with Crippen LogP contribution in [0.4, 0.5) is 0 Å². The fourth-order valence-electron chi connectivity index (χ4n) is 4.91. The summed E-state index contributed by atoms with van der Waals surface area (Å²) in [5.74, 6) is 0. The number of thiophene rings is 1. The number of nitrogens with one attached hydrogen (secondary N) is 1. The van der Waals surface area contributed by atoms with E-state index in [9.17, 15) is 0 Å². The topological polar surface area (TPSA) is 13.2 Å². The summed E-state index contributed by atoms with van der Waals surface area (Å²) < 4.78 is 4.67. The van der Waals surface area contributed by atoms with Gasteiger partial charge in [-0.15, -0.1) is 0 Å². The molecule has 4 aromatic rings. The molecule has 4 heteroatoms. The van der Waals surface area contributed by atoms with Crippen molar-refractivity contribution in [2.75, 3.05) is 19.6 Å². The standard InChI is InChI=1S/C26H30N3S/c1-27-17-22(21-10-15-30-20-21)16-23(18-27)25-19-29(26-9-4-3-8-24(25)26)14-7-13-28-11-5-2-6-12-28/h3-4,8-10,15-20H,2,5-7,11-14H2,1H3/q+1/p+1. The van der Waals surface area contributed by atoms with E-state index < -0.39 is 0 Å². The third-order valence-corrected chi connectivity index (χ3v) is 7.12. The zero-order valence-electron chi connectivity index (χ0n) is 17.8. The van der Waals surface area contributed by atoms with E-state index in [-0.39, 0.29) is 0 Å². The van der Waals surface area contributed by atoms with Crippen molar-refractivity contribution in [3.8, 4) is 22.3 Å². The Kier molecular flexibility index (Phi) is 5.69.